The van der Waals surface area contributed by atoms with E-state index in [2.05, 4.69) is 10.2 Å². The van der Waals surface area contributed by atoms with Crippen LogP contribution in [0.4, 0.5) is 0 Å². The largest absolute Gasteiger partial charge is 0.493 e. The van der Waals surface area contributed by atoms with Gasteiger partial charge in [0.05, 0.1) is 32.7 Å². The molecule has 27 heavy (non-hydrogen) atoms. The molecule has 1 amide bonds. The zero-order valence-electron chi connectivity index (χ0n) is 15.5. The molecule has 0 bridgehead atoms. The zero-order chi connectivity index (χ0) is 19.2. The third-order valence-electron chi connectivity index (χ3n) is 4.20. The Labute approximate surface area is 162 Å². The Morgan fingerprint density at radius 3 is 2.67 bits per heavy atom. The van der Waals surface area contributed by atoms with Crippen molar-refractivity contribution in [2.24, 2.45) is 10.2 Å². The number of amidine groups is 1. The van der Waals surface area contributed by atoms with Gasteiger partial charge in [-0.05, 0) is 41.8 Å². The summed E-state index contributed by atoms with van der Waals surface area (Å²) in [6, 6.07) is 13.5. The van der Waals surface area contributed by atoms with E-state index in [0.717, 1.165) is 16.7 Å². The molecule has 1 aliphatic rings. The van der Waals surface area contributed by atoms with E-state index in [1.165, 1.54) is 11.8 Å². The van der Waals surface area contributed by atoms with Crippen LogP contribution in [-0.2, 0) is 11.3 Å². The minimum Gasteiger partial charge on any atom is -0.493 e. The molecule has 0 aromatic heterocycles. The molecular formula is C20H21N3O3S. The van der Waals surface area contributed by atoms with Crippen LogP contribution >= 0.6 is 11.8 Å². The van der Waals surface area contributed by atoms with Gasteiger partial charge in [0, 0.05) is 0 Å². The first-order valence-corrected chi connectivity index (χ1v) is 9.41. The van der Waals surface area contributed by atoms with Gasteiger partial charge in [-0.2, -0.15) is 5.10 Å². The molecule has 0 spiro atoms. The van der Waals surface area contributed by atoms with E-state index >= 15 is 0 Å². The Morgan fingerprint density at radius 1 is 1.15 bits per heavy atom. The van der Waals surface area contributed by atoms with Crippen LogP contribution in [-0.4, -0.2) is 42.2 Å². The fourth-order valence-electron chi connectivity index (χ4n) is 2.66. The Morgan fingerprint density at radius 2 is 1.93 bits per heavy atom. The van der Waals surface area contributed by atoms with Crippen LogP contribution in [0.3, 0.4) is 0 Å². The van der Waals surface area contributed by atoms with E-state index in [-0.39, 0.29) is 5.91 Å². The molecule has 1 aliphatic heterocycles. The second-order valence-electron chi connectivity index (χ2n) is 5.94. The van der Waals surface area contributed by atoms with Gasteiger partial charge in [-0.1, -0.05) is 36.0 Å². The lowest BCUT2D eigenvalue weighted by molar-refractivity contribution is -0.124. The minimum atomic E-state index is 0.0447. The topological polar surface area (TPSA) is 63.5 Å². The Kier molecular flexibility index (Phi) is 6.13. The van der Waals surface area contributed by atoms with Gasteiger partial charge in [-0.15, -0.1) is 5.10 Å². The summed E-state index contributed by atoms with van der Waals surface area (Å²) in [4.78, 5) is 13.9. The maximum atomic E-state index is 12.2. The summed E-state index contributed by atoms with van der Waals surface area (Å²) >= 11 is 1.40. The molecule has 0 N–H and O–H groups in total. The fourth-order valence-corrected chi connectivity index (χ4v) is 3.50. The Hall–Kier alpha value is -2.80. The summed E-state index contributed by atoms with van der Waals surface area (Å²) in [6.07, 6.45) is 1.63. The molecule has 6 nitrogen and oxygen atoms in total. The second kappa shape index (κ2) is 8.73. The summed E-state index contributed by atoms with van der Waals surface area (Å²) in [5.41, 5.74) is 3.08. The summed E-state index contributed by atoms with van der Waals surface area (Å²) in [7, 11) is 3.18. The normalized spacial score (nSPS) is 15.7. The van der Waals surface area contributed by atoms with Gasteiger partial charge in [0.15, 0.2) is 16.7 Å². The van der Waals surface area contributed by atoms with Crippen LogP contribution in [0, 0.1) is 6.92 Å². The van der Waals surface area contributed by atoms with E-state index in [0.29, 0.717) is 29.0 Å². The standard InChI is InChI=1S/C20H21N3O3S/c1-14-6-4-5-7-16(14)12-23-19(24)13-27-20(23)22-21-11-15-8-9-17(25-2)18(10-15)26-3/h4-11H,12-13H2,1-3H3/b21-11-,22-20+. The molecule has 1 heterocycles. The van der Waals surface area contributed by atoms with Crippen molar-refractivity contribution in [2.45, 2.75) is 13.5 Å². The second-order valence-corrected chi connectivity index (χ2v) is 6.88. The molecule has 1 saturated heterocycles. The average molecular weight is 383 g/mol. The van der Waals surface area contributed by atoms with Crippen molar-refractivity contribution in [1.82, 2.24) is 4.90 Å². The van der Waals surface area contributed by atoms with Crippen molar-refractivity contribution in [3.63, 3.8) is 0 Å². The number of nitrogens with zero attached hydrogens (tertiary/aromatic N) is 3. The third-order valence-corrected chi connectivity index (χ3v) is 5.16. The predicted molar refractivity (Wildman–Crippen MR) is 109 cm³/mol. The van der Waals surface area contributed by atoms with Crippen molar-refractivity contribution < 1.29 is 14.3 Å². The van der Waals surface area contributed by atoms with E-state index in [4.69, 9.17) is 9.47 Å². The molecule has 0 aliphatic carbocycles. The smallest absolute Gasteiger partial charge is 0.239 e. The zero-order valence-corrected chi connectivity index (χ0v) is 16.3. The Balaban J connectivity index is 1.76. The number of amides is 1. The van der Waals surface area contributed by atoms with E-state index in [1.807, 2.05) is 49.4 Å². The number of aryl methyl sites for hydroxylation is 1. The first-order valence-electron chi connectivity index (χ1n) is 8.43. The molecule has 0 unspecified atom stereocenters. The quantitative estimate of drug-likeness (QED) is 0.566. The Bertz CT molecular complexity index is 896. The van der Waals surface area contributed by atoms with Crippen LogP contribution < -0.4 is 9.47 Å². The molecular weight excluding hydrogens is 362 g/mol. The van der Waals surface area contributed by atoms with Gasteiger partial charge in [0.2, 0.25) is 5.91 Å². The van der Waals surface area contributed by atoms with Crippen molar-refractivity contribution in [3.8, 4) is 11.5 Å². The summed E-state index contributed by atoms with van der Waals surface area (Å²) in [5.74, 6) is 1.71. The maximum absolute atomic E-state index is 12.2. The number of hydrogen-bond acceptors (Lipinski definition) is 6. The van der Waals surface area contributed by atoms with Gasteiger partial charge in [0.25, 0.3) is 0 Å². The van der Waals surface area contributed by atoms with Crippen molar-refractivity contribution in [1.29, 1.82) is 0 Å². The van der Waals surface area contributed by atoms with Crippen LogP contribution in [0.15, 0.2) is 52.7 Å². The van der Waals surface area contributed by atoms with Crippen LogP contribution in [0.25, 0.3) is 0 Å². The highest BCUT2D eigenvalue weighted by Crippen LogP contribution is 2.27. The summed E-state index contributed by atoms with van der Waals surface area (Å²) < 4.78 is 10.5. The number of hydrogen-bond donors (Lipinski definition) is 0. The summed E-state index contributed by atoms with van der Waals surface area (Å²) in [5, 5.41) is 9.02. The lowest BCUT2D eigenvalue weighted by Gasteiger charge is -2.16. The highest BCUT2D eigenvalue weighted by Gasteiger charge is 2.28. The minimum absolute atomic E-state index is 0.0447. The maximum Gasteiger partial charge on any atom is 0.239 e. The molecule has 2 aromatic carbocycles. The lowest BCUT2D eigenvalue weighted by atomic mass is 10.1. The average Bonchev–Trinajstić information content (AvgIpc) is 3.03. The number of methoxy groups -OCH3 is 2. The number of thioether (sulfide) groups is 1. The van der Waals surface area contributed by atoms with E-state index < -0.39 is 0 Å². The van der Waals surface area contributed by atoms with Crippen molar-refractivity contribution in [2.75, 3.05) is 20.0 Å². The highest BCUT2D eigenvalue weighted by molar-refractivity contribution is 8.15. The number of carbonyl (C=O) groups is 1. The van der Waals surface area contributed by atoms with Crippen molar-refractivity contribution >= 4 is 29.1 Å². The highest BCUT2D eigenvalue weighted by atomic mass is 32.2. The van der Waals surface area contributed by atoms with Crippen LogP contribution in [0.1, 0.15) is 16.7 Å². The monoisotopic (exact) mass is 383 g/mol. The van der Waals surface area contributed by atoms with Crippen molar-refractivity contribution in [3.05, 3.63) is 59.2 Å². The van der Waals surface area contributed by atoms with E-state index in [1.54, 1.807) is 25.3 Å². The molecule has 140 valence electrons. The molecule has 0 radical (unpaired) electrons. The number of rotatable bonds is 6. The molecule has 7 heteroatoms. The van der Waals surface area contributed by atoms with Crippen LogP contribution in [0.2, 0.25) is 0 Å². The first kappa shape index (κ1) is 19.0. The van der Waals surface area contributed by atoms with Gasteiger partial charge in [0.1, 0.15) is 0 Å². The first-order chi connectivity index (χ1) is 13.1. The SMILES string of the molecule is COc1ccc(/C=N\N=C2\SCC(=O)N2Cc2ccccc2C)cc1OC. The van der Waals surface area contributed by atoms with Gasteiger partial charge in [-0.3, -0.25) is 9.69 Å². The molecule has 0 atom stereocenters. The third kappa shape index (κ3) is 4.49. The number of carbonyl (C=O) groups excluding carboxylic acids is 1. The van der Waals surface area contributed by atoms with E-state index in [9.17, 15) is 4.79 Å². The van der Waals surface area contributed by atoms with Gasteiger partial charge >= 0.3 is 0 Å². The molecule has 3 rings (SSSR count). The predicted octanol–water partition coefficient (Wildman–Crippen LogP) is 3.48. The number of ether oxygens (including phenoxy) is 2. The molecule has 1 fully saturated rings. The summed E-state index contributed by atoms with van der Waals surface area (Å²) in [6.45, 7) is 2.54. The van der Waals surface area contributed by atoms with Crippen LogP contribution in [0.5, 0.6) is 11.5 Å². The lowest BCUT2D eigenvalue weighted by Crippen LogP contribution is -2.29. The molecule has 0 saturated carbocycles. The molecule has 2 aromatic rings. The fraction of sp³-hybridized carbons (Fsp3) is 0.250. The number of benzene rings is 2. The van der Waals surface area contributed by atoms with Gasteiger partial charge < -0.3 is 9.47 Å². The van der Waals surface area contributed by atoms with Gasteiger partial charge in [-0.25, -0.2) is 0 Å².